The molecule has 9 nitrogen and oxygen atoms in total. The predicted octanol–water partition coefficient (Wildman–Crippen LogP) is 3.84. The second-order valence-corrected chi connectivity index (χ2v) is 10.1. The standard InChI is InChI=1S/C24H46O9S/c1-5-9-11-20(7-3)18-30-13-15-32-23(25)17-22(34(27,28)29)24(26)33-16-14-31-19-21(8-4)12-10-6-2/h20-22H,5-19H2,1-4H3,(H,27,28,29)/p-1. The second kappa shape index (κ2) is 20.0. The van der Waals surface area contributed by atoms with Crippen molar-refractivity contribution in [1.29, 1.82) is 0 Å². The van der Waals surface area contributed by atoms with Gasteiger partial charge in [0, 0.05) is 13.2 Å². The van der Waals surface area contributed by atoms with Gasteiger partial charge in [0.2, 0.25) is 0 Å². The quantitative estimate of drug-likeness (QED) is 0.121. The van der Waals surface area contributed by atoms with Crippen molar-refractivity contribution >= 4 is 22.1 Å². The van der Waals surface area contributed by atoms with Gasteiger partial charge >= 0.3 is 11.9 Å². The molecule has 0 aromatic rings. The van der Waals surface area contributed by atoms with Gasteiger partial charge < -0.3 is 23.5 Å². The summed E-state index contributed by atoms with van der Waals surface area (Å²) < 4.78 is 55.2. The van der Waals surface area contributed by atoms with Crippen LogP contribution in [0.15, 0.2) is 0 Å². The SMILES string of the molecule is CCCCC(CC)COCCOC(=O)CC(C(=O)OCCOCC(CC)CCCC)S(=O)(=O)[O-]. The molecule has 0 rings (SSSR count). The third-order valence-electron chi connectivity index (χ3n) is 5.72. The molecule has 0 saturated heterocycles. The zero-order valence-corrected chi connectivity index (χ0v) is 22.2. The van der Waals surface area contributed by atoms with Crippen LogP contribution in [0.4, 0.5) is 0 Å². The van der Waals surface area contributed by atoms with Crippen molar-refractivity contribution in [3.05, 3.63) is 0 Å². The molecule has 0 aliphatic carbocycles. The van der Waals surface area contributed by atoms with E-state index in [-0.39, 0.29) is 26.4 Å². The van der Waals surface area contributed by atoms with Crippen LogP contribution in [-0.2, 0) is 38.7 Å². The van der Waals surface area contributed by atoms with Crippen LogP contribution >= 0.6 is 0 Å². The topological polar surface area (TPSA) is 128 Å². The van der Waals surface area contributed by atoms with Crippen molar-refractivity contribution in [1.82, 2.24) is 0 Å². The summed E-state index contributed by atoms with van der Waals surface area (Å²) in [5, 5.41) is -2.15. The Labute approximate surface area is 206 Å². The third-order valence-corrected chi connectivity index (χ3v) is 6.78. The summed E-state index contributed by atoms with van der Waals surface area (Å²) in [5.74, 6) is -1.39. The molecule has 10 heteroatoms. The highest BCUT2D eigenvalue weighted by atomic mass is 32.2. The van der Waals surface area contributed by atoms with Gasteiger partial charge in [0.25, 0.3) is 0 Å². The second-order valence-electron chi connectivity index (χ2n) is 8.56. The van der Waals surface area contributed by atoms with E-state index in [1.807, 2.05) is 0 Å². The van der Waals surface area contributed by atoms with Crippen LogP contribution < -0.4 is 0 Å². The summed E-state index contributed by atoms with van der Waals surface area (Å²) in [6.45, 7) is 9.43. The van der Waals surface area contributed by atoms with Gasteiger partial charge in [-0.15, -0.1) is 0 Å². The van der Waals surface area contributed by atoms with Crippen molar-refractivity contribution in [2.75, 3.05) is 39.6 Å². The maximum atomic E-state index is 12.1. The largest absolute Gasteiger partial charge is 0.747 e. The molecular weight excluding hydrogens is 464 g/mol. The minimum absolute atomic E-state index is 0.0821. The van der Waals surface area contributed by atoms with Crippen LogP contribution in [-0.4, -0.2) is 69.8 Å². The molecule has 34 heavy (non-hydrogen) atoms. The number of ether oxygens (including phenoxy) is 4. The summed E-state index contributed by atoms with van der Waals surface area (Å²) in [6.07, 6.45) is 7.65. The van der Waals surface area contributed by atoms with Crippen molar-refractivity contribution in [3.8, 4) is 0 Å². The summed E-state index contributed by atoms with van der Waals surface area (Å²) in [5.41, 5.74) is 0. The fourth-order valence-corrected chi connectivity index (χ4v) is 3.96. The average Bonchev–Trinajstić information content (AvgIpc) is 2.80. The molecular formula is C24H45O9S-. The van der Waals surface area contributed by atoms with Crippen LogP contribution in [0.5, 0.6) is 0 Å². The van der Waals surface area contributed by atoms with Crippen molar-refractivity contribution in [3.63, 3.8) is 0 Å². The summed E-state index contributed by atoms with van der Waals surface area (Å²) >= 11 is 0. The van der Waals surface area contributed by atoms with Gasteiger partial charge in [0.15, 0.2) is 5.25 Å². The van der Waals surface area contributed by atoms with E-state index in [1.54, 1.807) is 0 Å². The molecule has 0 radical (unpaired) electrons. The van der Waals surface area contributed by atoms with E-state index in [9.17, 15) is 22.6 Å². The number of carbonyl (C=O) groups excluding carboxylic acids is 2. The predicted molar refractivity (Wildman–Crippen MR) is 128 cm³/mol. The molecule has 0 heterocycles. The Hall–Kier alpha value is -1.23. The number of carbonyl (C=O) groups is 2. The van der Waals surface area contributed by atoms with Gasteiger partial charge in [-0.3, -0.25) is 9.59 Å². The molecule has 202 valence electrons. The Balaban J connectivity index is 4.31. The Morgan fingerprint density at radius 3 is 1.65 bits per heavy atom. The van der Waals surface area contributed by atoms with Crippen molar-refractivity contribution in [2.45, 2.75) is 90.7 Å². The van der Waals surface area contributed by atoms with E-state index in [0.717, 1.165) is 51.4 Å². The molecule has 0 saturated carbocycles. The normalized spacial score (nSPS) is 14.4. The van der Waals surface area contributed by atoms with Crippen LogP contribution in [0.2, 0.25) is 0 Å². The lowest BCUT2D eigenvalue weighted by Gasteiger charge is -2.19. The Morgan fingerprint density at radius 2 is 1.24 bits per heavy atom. The van der Waals surface area contributed by atoms with E-state index in [0.29, 0.717) is 25.0 Å². The number of rotatable bonds is 22. The molecule has 0 aliphatic heterocycles. The first kappa shape index (κ1) is 32.8. The van der Waals surface area contributed by atoms with Crippen LogP contribution in [0, 0.1) is 11.8 Å². The summed E-state index contributed by atoms with van der Waals surface area (Å²) in [4.78, 5) is 24.1. The number of hydrogen-bond donors (Lipinski definition) is 0. The zero-order valence-electron chi connectivity index (χ0n) is 21.4. The first-order valence-corrected chi connectivity index (χ1v) is 14.1. The van der Waals surface area contributed by atoms with Gasteiger partial charge in [-0.25, -0.2) is 8.42 Å². The Morgan fingerprint density at radius 1 is 0.765 bits per heavy atom. The highest BCUT2D eigenvalue weighted by Crippen LogP contribution is 2.14. The lowest BCUT2D eigenvalue weighted by atomic mass is 10.0. The molecule has 0 aliphatic rings. The average molecular weight is 510 g/mol. The molecule has 0 amide bonds. The van der Waals surface area contributed by atoms with Gasteiger partial charge in [0.05, 0.1) is 19.6 Å². The lowest BCUT2D eigenvalue weighted by molar-refractivity contribution is -0.151. The molecule has 0 aromatic carbocycles. The molecule has 0 spiro atoms. The zero-order chi connectivity index (χ0) is 25.8. The van der Waals surface area contributed by atoms with E-state index >= 15 is 0 Å². The summed E-state index contributed by atoms with van der Waals surface area (Å²) in [7, 11) is -5.09. The highest BCUT2D eigenvalue weighted by molar-refractivity contribution is 7.87. The minimum atomic E-state index is -5.09. The fraction of sp³-hybridized carbons (Fsp3) is 0.917. The van der Waals surface area contributed by atoms with E-state index in [1.165, 1.54) is 0 Å². The van der Waals surface area contributed by atoms with E-state index in [2.05, 4.69) is 27.7 Å². The van der Waals surface area contributed by atoms with Crippen molar-refractivity contribution < 1.29 is 41.5 Å². The molecule has 0 aromatic heterocycles. The molecule has 3 atom stereocenters. The molecule has 0 fully saturated rings. The maximum absolute atomic E-state index is 12.1. The number of unbranched alkanes of at least 4 members (excludes halogenated alkanes) is 2. The highest BCUT2D eigenvalue weighted by Gasteiger charge is 2.30. The van der Waals surface area contributed by atoms with Gasteiger partial charge in [-0.1, -0.05) is 66.2 Å². The summed E-state index contributed by atoms with van der Waals surface area (Å²) in [6, 6.07) is 0. The maximum Gasteiger partial charge on any atom is 0.323 e. The third kappa shape index (κ3) is 16.4. The van der Waals surface area contributed by atoms with Crippen LogP contribution in [0.1, 0.15) is 85.5 Å². The van der Waals surface area contributed by atoms with Crippen LogP contribution in [0.3, 0.4) is 0 Å². The minimum Gasteiger partial charge on any atom is -0.747 e. The van der Waals surface area contributed by atoms with Gasteiger partial charge in [0.1, 0.15) is 23.3 Å². The van der Waals surface area contributed by atoms with Crippen LogP contribution in [0.25, 0.3) is 0 Å². The smallest absolute Gasteiger partial charge is 0.323 e. The molecule has 3 unspecified atom stereocenters. The monoisotopic (exact) mass is 509 g/mol. The molecule has 0 bridgehead atoms. The number of esters is 2. The Kier molecular flexibility index (Phi) is 19.3. The fourth-order valence-electron chi connectivity index (χ4n) is 3.32. The number of hydrogen-bond acceptors (Lipinski definition) is 9. The van der Waals surface area contributed by atoms with E-state index in [4.69, 9.17) is 18.9 Å². The first-order chi connectivity index (χ1) is 16.2. The molecule has 0 N–H and O–H groups in total. The van der Waals surface area contributed by atoms with Gasteiger partial charge in [-0.05, 0) is 24.7 Å². The first-order valence-electron chi connectivity index (χ1n) is 12.6. The van der Waals surface area contributed by atoms with Gasteiger partial charge in [-0.2, -0.15) is 0 Å². The van der Waals surface area contributed by atoms with Crippen molar-refractivity contribution in [2.24, 2.45) is 11.8 Å². The lowest BCUT2D eigenvalue weighted by Crippen LogP contribution is -2.35. The Bertz CT molecular complexity index is 636. The van der Waals surface area contributed by atoms with E-state index < -0.39 is 33.7 Å².